The van der Waals surface area contributed by atoms with E-state index in [0.29, 0.717) is 31.9 Å². The molecule has 2 aliphatic heterocycles. The Morgan fingerprint density at radius 2 is 1.78 bits per heavy atom. The van der Waals surface area contributed by atoms with Gasteiger partial charge in [0.25, 0.3) is 0 Å². The number of hydrogen-bond donors (Lipinski definition) is 1. The fraction of sp³-hybridized carbons (Fsp3) is 0.486. The van der Waals surface area contributed by atoms with E-state index >= 15 is 0 Å². The average molecular weight is 695 g/mol. The minimum atomic E-state index is -4.54. The highest BCUT2D eigenvalue weighted by Gasteiger charge is 2.35. The molecule has 0 bridgehead atoms. The highest BCUT2D eigenvalue weighted by atomic mass is 19.4. The molecule has 0 aliphatic carbocycles. The van der Waals surface area contributed by atoms with Crippen LogP contribution >= 0.6 is 0 Å². The van der Waals surface area contributed by atoms with E-state index in [-0.39, 0.29) is 11.9 Å². The maximum absolute atomic E-state index is 13.2. The second-order valence-electron chi connectivity index (χ2n) is 12.9. The maximum atomic E-state index is 13.2. The van der Waals surface area contributed by atoms with Crippen LogP contribution in [0.3, 0.4) is 0 Å². The van der Waals surface area contributed by atoms with Crippen molar-refractivity contribution in [3.05, 3.63) is 89.4 Å². The van der Waals surface area contributed by atoms with Gasteiger partial charge in [-0.25, -0.2) is 9.67 Å². The van der Waals surface area contributed by atoms with Gasteiger partial charge < -0.3 is 29.6 Å². The number of nitrogens with zero attached hydrogens (tertiary/aromatic N) is 5. The minimum absolute atomic E-state index is 0.0807. The van der Waals surface area contributed by atoms with Crippen LogP contribution in [0.1, 0.15) is 73.2 Å². The van der Waals surface area contributed by atoms with Crippen molar-refractivity contribution in [1.29, 1.82) is 0 Å². The summed E-state index contributed by atoms with van der Waals surface area (Å²) < 4.78 is 65.3. The molecule has 10 nitrogen and oxygen atoms in total. The van der Waals surface area contributed by atoms with E-state index in [2.05, 4.69) is 32.3 Å². The smallest absolute Gasteiger partial charge is 0.433 e. The molecule has 2 aromatic carbocycles. The normalized spacial score (nSPS) is 19.0. The second-order valence-corrected chi connectivity index (χ2v) is 12.9. The summed E-state index contributed by atoms with van der Waals surface area (Å²) in [6, 6.07) is 17.8. The van der Waals surface area contributed by atoms with Gasteiger partial charge in [0, 0.05) is 25.8 Å². The van der Waals surface area contributed by atoms with E-state index in [1.807, 2.05) is 48.1 Å². The highest BCUT2D eigenvalue weighted by Crippen LogP contribution is 2.34. The summed E-state index contributed by atoms with van der Waals surface area (Å²) >= 11 is 0. The van der Waals surface area contributed by atoms with Crippen molar-refractivity contribution in [2.75, 3.05) is 39.4 Å². The average Bonchev–Trinajstić information content (AvgIpc) is 3.61. The van der Waals surface area contributed by atoms with Crippen molar-refractivity contribution in [3.8, 4) is 23.1 Å². The van der Waals surface area contributed by atoms with E-state index in [9.17, 15) is 13.2 Å². The molecule has 0 saturated carbocycles. The number of nitrogens with two attached hydrogens (primary N) is 1. The predicted molar refractivity (Wildman–Crippen MR) is 181 cm³/mol. The summed E-state index contributed by atoms with van der Waals surface area (Å²) in [7, 11) is 0. The monoisotopic (exact) mass is 694 g/mol. The third-order valence-corrected chi connectivity index (χ3v) is 9.17. The molecule has 6 rings (SSSR count). The largest absolute Gasteiger partial charge is 0.494 e. The van der Waals surface area contributed by atoms with Gasteiger partial charge in [0.15, 0.2) is 0 Å². The SMILES string of the molecule is Cc1cc(CCN)ccc1Oc1ccc(OCCCCN2CCC(n3cc([C@H]4OCCCC4Oc4cccc(C(F)(F)F)n4)nn3)CC2)cc1. The lowest BCUT2D eigenvalue weighted by Gasteiger charge is -2.32. The summed E-state index contributed by atoms with van der Waals surface area (Å²) in [5.74, 6) is 2.34. The number of piperidine rings is 1. The lowest BCUT2D eigenvalue weighted by Crippen LogP contribution is -2.35. The number of alkyl halides is 3. The van der Waals surface area contributed by atoms with Crippen LogP contribution in [-0.2, 0) is 17.3 Å². The molecular weight excluding hydrogens is 649 g/mol. The summed E-state index contributed by atoms with van der Waals surface area (Å²) in [5.41, 5.74) is 7.59. The van der Waals surface area contributed by atoms with Gasteiger partial charge in [-0.3, -0.25) is 0 Å². The number of rotatable bonds is 14. The number of unbranched alkanes of at least 4 members (excludes halogenated alkanes) is 1. The molecule has 2 atom stereocenters. The zero-order chi connectivity index (χ0) is 34.9. The third-order valence-electron chi connectivity index (χ3n) is 9.17. The van der Waals surface area contributed by atoms with Crippen LogP contribution in [0.4, 0.5) is 13.2 Å². The van der Waals surface area contributed by atoms with Gasteiger partial charge >= 0.3 is 6.18 Å². The molecule has 268 valence electrons. The Morgan fingerprint density at radius 3 is 2.54 bits per heavy atom. The van der Waals surface area contributed by atoms with E-state index < -0.39 is 24.1 Å². The van der Waals surface area contributed by atoms with Gasteiger partial charge in [0.1, 0.15) is 40.8 Å². The molecule has 1 unspecified atom stereocenters. The highest BCUT2D eigenvalue weighted by molar-refractivity contribution is 5.41. The van der Waals surface area contributed by atoms with Crippen LogP contribution < -0.4 is 19.9 Å². The quantitative estimate of drug-likeness (QED) is 0.138. The number of pyridine rings is 1. The Morgan fingerprint density at radius 1 is 0.980 bits per heavy atom. The Labute approximate surface area is 290 Å². The fourth-order valence-corrected chi connectivity index (χ4v) is 6.46. The number of hydrogen-bond acceptors (Lipinski definition) is 9. The van der Waals surface area contributed by atoms with Crippen LogP contribution in [0.25, 0.3) is 0 Å². The van der Waals surface area contributed by atoms with E-state index in [1.165, 1.54) is 17.7 Å². The summed E-state index contributed by atoms with van der Waals surface area (Å²) in [5, 5.41) is 8.79. The summed E-state index contributed by atoms with van der Waals surface area (Å²) in [6.45, 7) is 6.77. The number of ether oxygens (including phenoxy) is 4. The van der Waals surface area contributed by atoms with Crippen LogP contribution in [-0.4, -0.2) is 70.4 Å². The molecule has 4 aromatic rings. The van der Waals surface area contributed by atoms with Crippen LogP contribution in [0.2, 0.25) is 0 Å². The zero-order valence-corrected chi connectivity index (χ0v) is 28.4. The van der Waals surface area contributed by atoms with Gasteiger partial charge in [0.05, 0.1) is 18.8 Å². The minimum Gasteiger partial charge on any atom is -0.494 e. The maximum Gasteiger partial charge on any atom is 0.433 e. The number of aromatic nitrogens is 4. The van der Waals surface area contributed by atoms with E-state index in [1.54, 1.807) is 0 Å². The molecule has 2 N–H and O–H groups in total. The van der Waals surface area contributed by atoms with Gasteiger partial charge in [-0.1, -0.05) is 23.4 Å². The fourth-order valence-electron chi connectivity index (χ4n) is 6.46. The topological polar surface area (TPSA) is 110 Å². The number of aryl methyl sites for hydroxylation is 1. The number of benzene rings is 2. The Balaban J connectivity index is 0.901. The van der Waals surface area contributed by atoms with Crippen molar-refractivity contribution in [2.24, 2.45) is 5.73 Å². The Bertz CT molecular complexity index is 1660. The van der Waals surface area contributed by atoms with Gasteiger partial charge in [-0.15, -0.1) is 5.10 Å². The van der Waals surface area contributed by atoms with E-state index in [4.69, 9.17) is 24.7 Å². The van der Waals surface area contributed by atoms with E-state index in [0.717, 1.165) is 87.0 Å². The Hall–Kier alpha value is -4.20. The van der Waals surface area contributed by atoms with Gasteiger partial charge in [-0.05, 0) is 112 Å². The molecule has 2 fully saturated rings. The number of likely N-dealkylation sites (tertiary alicyclic amines) is 1. The van der Waals surface area contributed by atoms with Gasteiger partial charge in [-0.2, -0.15) is 13.2 Å². The van der Waals surface area contributed by atoms with Crippen molar-refractivity contribution < 1.29 is 32.1 Å². The van der Waals surface area contributed by atoms with Crippen molar-refractivity contribution >= 4 is 0 Å². The van der Waals surface area contributed by atoms with Gasteiger partial charge in [0.2, 0.25) is 5.88 Å². The van der Waals surface area contributed by atoms with Crippen molar-refractivity contribution in [2.45, 2.75) is 76.3 Å². The molecular formula is C37H45F3N6O4. The first-order chi connectivity index (χ1) is 24.2. The molecule has 0 spiro atoms. The lowest BCUT2D eigenvalue weighted by atomic mass is 10.0. The van der Waals surface area contributed by atoms with Crippen LogP contribution in [0, 0.1) is 6.92 Å². The zero-order valence-electron chi connectivity index (χ0n) is 28.4. The number of halogens is 3. The molecule has 2 saturated heterocycles. The molecule has 0 amide bonds. The molecule has 4 heterocycles. The predicted octanol–water partition coefficient (Wildman–Crippen LogP) is 7.09. The van der Waals surface area contributed by atoms with Crippen molar-refractivity contribution in [3.63, 3.8) is 0 Å². The lowest BCUT2D eigenvalue weighted by molar-refractivity contribution is -0.141. The Kier molecular flexibility index (Phi) is 11.9. The second kappa shape index (κ2) is 16.7. The first-order valence-electron chi connectivity index (χ1n) is 17.4. The third kappa shape index (κ3) is 9.52. The standard InChI is InChI=1S/C37H45F3N6O4/c1-26-24-27(15-18-41)9-14-32(26)49-30-12-10-29(11-13-30)47-22-3-2-19-45-20-16-28(17-21-45)46-25-31(43-44-46)36-33(6-5-23-48-36)50-35-8-4-7-34(42-35)37(38,39)40/h4,7-14,24-25,28,33,36H,2-3,5-6,15-23,41H2,1H3/t33?,36-/m1/s1. The van der Waals surface area contributed by atoms with Crippen molar-refractivity contribution in [1.82, 2.24) is 24.9 Å². The first-order valence-corrected chi connectivity index (χ1v) is 17.4. The molecule has 50 heavy (non-hydrogen) atoms. The van der Waals surface area contributed by atoms with Crippen LogP contribution in [0.15, 0.2) is 66.9 Å². The summed E-state index contributed by atoms with van der Waals surface area (Å²) in [6.07, 6.45) is 2.41. The molecule has 13 heteroatoms. The van der Waals surface area contributed by atoms with Crippen LogP contribution in [0.5, 0.6) is 23.1 Å². The summed E-state index contributed by atoms with van der Waals surface area (Å²) in [4.78, 5) is 6.13. The molecule has 2 aliphatic rings. The first kappa shape index (κ1) is 35.6. The molecule has 0 radical (unpaired) electrons. The molecule has 2 aromatic heterocycles.